The van der Waals surface area contributed by atoms with Crippen LogP contribution in [0.5, 0.6) is 0 Å². The van der Waals surface area contributed by atoms with Crippen LogP contribution in [0, 0.1) is 0 Å². The largest absolute Gasteiger partial charge is 0.347 e. The van der Waals surface area contributed by atoms with Crippen LogP contribution in [0.2, 0.25) is 0 Å². The highest BCUT2D eigenvalue weighted by Crippen LogP contribution is 2.27. The molecule has 2 aromatic rings. The molecule has 0 aliphatic heterocycles. The second kappa shape index (κ2) is 3.23. The number of aromatic nitrogens is 1. The Balaban J connectivity index is 2.73. The standard InChI is InChI=1S/C13H15NO/c1-13(2,9-15)12-8-10-6-4-5-7-11(10)14(12)3/h4-9H,1-3H3. The molecule has 0 amide bonds. The van der Waals surface area contributed by atoms with Crippen LogP contribution in [0.4, 0.5) is 0 Å². The van der Waals surface area contributed by atoms with Gasteiger partial charge in [-0.15, -0.1) is 0 Å². The molecule has 0 aliphatic carbocycles. The van der Waals surface area contributed by atoms with Crippen LogP contribution >= 0.6 is 0 Å². The molecule has 78 valence electrons. The molecule has 0 saturated heterocycles. The van der Waals surface area contributed by atoms with Gasteiger partial charge in [-0.3, -0.25) is 0 Å². The van der Waals surface area contributed by atoms with Gasteiger partial charge in [0.05, 0.1) is 5.41 Å². The van der Waals surface area contributed by atoms with Gasteiger partial charge in [0.15, 0.2) is 0 Å². The molecular formula is C13H15NO. The lowest BCUT2D eigenvalue weighted by molar-refractivity contribution is -0.111. The van der Waals surface area contributed by atoms with E-state index in [4.69, 9.17) is 0 Å². The third-order valence-electron chi connectivity index (χ3n) is 2.91. The number of carbonyl (C=O) groups excluding carboxylic acids is 1. The maximum atomic E-state index is 11.0. The molecule has 0 saturated carbocycles. The molecule has 2 heteroatoms. The second-order valence-corrected chi connectivity index (χ2v) is 4.49. The van der Waals surface area contributed by atoms with Gasteiger partial charge in [-0.05, 0) is 31.4 Å². The molecule has 0 bridgehead atoms. The molecule has 1 heterocycles. The van der Waals surface area contributed by atoms with Gasteiger partial charge in [0.1, 0.15) is 6.29 Å². The zero-order chi connectivity index (χ0) is 11.1. The van der Waals surface area contributed by atoms with Gasteiger partial charge in [0.25, 0.3) is 0 Å². The number of nitrogens with zero attached hydrogens (tertiary/aromatic N) is 1. The van der Waals surface area contributed by atoms with E-state index in [2.05, 4.69) is 22.8 Å². The number of benzene rings is 1. The van der Waals surface area contributed by atoms with Gasteiger partial charge in [-0.2, -0.15) is 0 Å². The lowest BCUT2D eigenvalue weighted by Gasteiger charge is -2.18. The number of para-hydroxylation sites is 1. The third kappa shape index (κ3) is 1.46. The Hall–Kier alpha value is -1.57. The average Bonchev–Trinajstić information content (AvgIpc) is 2.58. The molecule has 2 rings (SSSR count). The Morgan fingerprint density at radius 2 is 1.93 bits per heavy atom. The zero-order valence-corrected chi connectivity index (χ0v) is 9.32. The van der Waals surface area contributed by atoms with Crippen molar-refractivity contribution in [1.82, 2.24) is 4.57 Å². The number of hydrogen-bond acceptors (Lipinski definition) is 1. The number of aryl methyl sites for hydroxylation is 1. The van der Waals surface area contributed by atoms with Gasteiger partial charge in [0.2, 0.25) is 0 Å². The highest BCUT2D eigenvalue weighted by Gasteiger charge is 2.23. The zero-order valence-electron chi connectivity index (χ0n) is 9.32. The first-order chi connectivity index (χ1) is 7.06. The van der Waals surface area contributed by atoms with Crippen molar-refractivity contribution in [2.75, 3.05) is 0 Å². The van der Waals surface area contributed by atoms with Crippen LogP contribution < -0.4 is 0 Å². The van der Waals surface area contributed by atoms with Crippen molar-refractivity contribution in [1.29, 1.82) is 0 Å². The van der Waals surface area contributed by atoms with Crippen LogP contribution in [0.3, 0.4) is 0 Å². The number of hydrogen-bond donors (Lipinski definition) is 0. The van der Waals surface area contributed by atoms with Crippen LogP contribution in [0.1, 0.15) is 19.5 Å². The molecule has 0 radical (unpaired) electrons. The van der Waals surface area contributed by atoms with Gasteiger partial charge in [0, 0.05) is 18.3 Å². The lowest BCUT2D eigenvalue weighted by Crippen LogP contribution is -2.21. The van der Waals surface area contributed by atoms with E-state index in [9.17, 15) is 4.79 Å². The van der Waals surface area contributed by atoms with E-state index in [0.29, 0.717) is 0 Å². The minimum atomic E-state index is -0.423. The first kappa shape index (κ1) is 9.97. The van der Waals surface area contributed by atoms with Gasteiger partial charge < -0.3 is 9.36 Å². The second-order valence-electron chi connectivity index (χ2n) is 4.49. The van der Waals surface area contributed by atoms with Crippen LogP contribution in [0.15, 0.2) is 30.3 Å². The monoisotopic (exact) mass is 201 g/mol. The fourth-order valence-electron chi connectivity index (χ4n) is 1.97. The smallest absolute Gasteiger partial charge is 0.131 e. The summed E-state index contributed by atoms with van der Waals surface area (Å²) in [4.78, 5) is 11.0. The molecule has 0 atom stereocenters. The molecule has 1 aromatic carbocycles. The van der Waals surface area contributed by atoms with Gasteiger partial charge >= 0.3 is 0 Å². The predicted octanol–water partition coefficient (Wildman–Crippen LogP) is 2.65. The molecule has 2 nitrogen and oxygen atoms in total. The molecule has 15 heavy (non-hydrogen) atoms. The third-order valence-corrected chi connectivity index (χ3v) is 2.91. The summed E-state index contributed by atoms with van der Waals surface area (Å²) in [5, 5.41) is 1.19. The number of carbonyl (C=O) groups is 1. The molecule has 1 aromatic heterocycles. The van der Waals surface area contributed by atoms with Crippen molar-refractivity contribution < 1.29 is 4.79 Å². The first-order valence-electron chi connectivity index (χ1n) is 5.07. The maximum Gasteiger partial charge on any atom is 0.131 e. The topological polar surface area (TPSA) is 22.0 Å². The molecule has 0 unspecified atom stereocenters. The predicted molar refractivity (Wildman–Crippen MR) is 62.0 cm³/mol. The minimum absolute atomic E-state index is 0.423. The van der Waals surface area contributed by atoms with Gasteiger partial charge in [-0.25, -0.2) is 0 Å². The lowest BCUT2D eigenvalue weighted by atomic mass is 9.91. The van der Waals surface area contributed by atoms with Crippen LogP contribution in [0.25, 0.3) is 10.9 Å². The fourth-order valence-corrected chi connectivity index (χ4v) is 1.97. The fraction of sp³-hybridized carbons (Fsp3) is 0.308. The quantitative estimate of drug-likeness (QED) is 0.685. The Morgan fingerprint density at radius 1 is 1.27 bits per heavy atom. The Labute approximate surface area is 89.5 Å². The highest BCUT2D eigenvalue weighted by molar-refractivity contribution is 5.83. The molecule has 0 fully saturated rings. The summed E-state index contributed by atoms with van der Waals surface area (Å²) in [6.07, 6.45) is 1.00. The van der Waals surface area contributed by atoms with E-state index in [1.54, 1.807) is 0 Å². The summed E-state index contributed by atoms with van der Waals surface area (Å²) in [5.41, 5.74) is 1.80. The Kier molecular flexibility index (Phi) is 2.14. The van der Waals surface area contributed by atoms with E-state index in [1.165, 1.54) is 10.9 Å². The number of rotatable bonds is 2. The molecule has 0 aliphatic rings. The molecular weight excluding hydrogens is 186 g/mol. The van der Waals surface area contributed by atoms with Crippen molar-refractivity contribution in [3.05, 3.63) is 36.0 Å². The molecule has 0 spiro atoms. The first-order valence-corrected chi connectivity index (χ1v) is 5.07. The minimum Gasteiger partial charge on any atom is -0.347 e. The van der Waals surface area contributed by atoms with E-state index >= 15 is 0 Å². The highest BCUT2D eigenvalue weighted by atomic mass is 16.1. The van der Waals surface area contributed by atoms with E-state index < -0.39 is 5.41 Å². The molecule has 0 N–H and O–H groups in total. The average molecular weight is 201 g/mol. The van der Waals surface area contributed by atoms with E-state index in [-0.39, 0.29) is 0 Å². The van der Waals surface area contributed by atoms with E-state index in [1.807, 2.05) is 33.0 Å². The number of fused-ring (bicyclic) bond motifs is 1. The van der Waals surface area contributed by atoms with Crippen LogP contribution in [-0.4, -0.2) is 10.9 Å². The SMILES string of the molecule is Cn1c(C(C)(C)C=O)cc2ccccc21. The van der Waals surface area contributed by atoms with Crippen molar-refractivity contribution >= 4 is 17.2 Å². The van der Waals surface area contributed by atoms with Crippen molar-refractivity contribution in [2.45, 2.75) is 19.3 Å². The Bertz CT molecular complexity index is 508. The number of aldehydes is 1. The summed E-state index contributed by atoms with van der Waals surface area (Å²) in [6, 6.07) is 10.3. The summed E-state index contributed by atoms with van der Waals surface area (Å²) in [5.74, 6) is 0. The van der Waals surface area contributed by atoms with Crippen molar-refractivity contribution in [2.24, 2.45) is 7.05 Å². The van der Waals surface area contributed by atoms with Crippen LogP contribution in [-0.2, 0) is 17.3 Å². The van der Waals surface area contributed by atoms with Crippen molar-refractivity contribution in [3.8, 4) is 0 Å². The summed E-state index contributed by atoms with van der Waals surface area (Å²) in [7, 11) is 2.00. The maximum absolute atomic E-state index is 11.0. The summed E-state index contributed by atoms with van der Waals surface area (Å²) in [6.45, 7) is 3.88. The van der Waals surface area contributed by atoms with Crippen molar-refractivity contribution in [3.63, 3.8) is 0 Å². The summed E-state index contributed by atoms with van der Waals surface area (Å²) >= 11 is 0. The normalized spacial score (nSPS) is 11.9. The Morgan fingerprint density at radius 3 is 2.53 bits per heavy atom. The van der Waals surface area contributed by atoms with Gasteiger partial charge in [-0.1, -0.05) is 18.2 Å². The van der Waals surface area contributed by atoms with E-state index in [0.717, 1.165) is 12.0 Å². The summed E-state index contributed by atoms with van der Waals surface area (Å²) < 4.78 is 2.09.